The largest absolute Gasteiger partial charge is 0.342 e. The summed E-state index contributed by atoms with van der Waals surface area (Å²) in [5.74, 6) is 0.373. The molecule has 40 heavy (non-hydrogen) atoms. The van der Waals surface area contributed by atoms with Crippen LogP contribution in [-0.4, -0.2) is 88.7 Å². The van der Waals surface area contributed by atoms with Gasteiger partial charge >= 0.3 is 0 Å². The van der Waals surface area contributed by atoms with Crippen LogP contribution in [0.1, 0.15) is 70.2 Å². The Balaban J connectivity index is 1.33. The number of carbonyl (C=O) groups excluding carboxylic acids is 3. The van der Waals surface area contributed by atoms with E-state index >= 15 is 0 Å². The number of likely N-dealkylation sites (N-methyl/N-ethyl adjacent to an activating group) is 1. The summed E-state index contributed by atoms with van der Waals surface area (Å²) in [5, 5.41) is 3.67. The highest BCUT2D eigenvalue weighted by atomic mass is 35.5. The molecule has 10 heteroatoms. The van der Waals surface area contributed by atoms with Crippen molar-refractivity contribution in [2.75, 3.05) is 40.3 Å². The Morgan fingerprint density at radius 3 is 2.58 bits per heavy atom. The van der Waals surface area contributed by atoms with E-state index in [2.05, 4.69) is 15.2 Å². The zero-order valence-electron chi connectivity index (χ0n) is 23.4. The van der Waals surface area contributed by atoms with Gasteiger partial charge in [-0.25, -0.2) is 4.98 Å². The summed E-state index contributed by atoms with van der Waals surface area (Å²) < 4.78 is 0. The summed E-state index contributed by atoms with van der Waals surface area (Å²) in [6.07, 6.45) is 3.68. The molecule has 3 amide bonds. The highest BCUT2D eigenvalue weighted by Gasteiger charge is 2.29. The molecular formula is C30H37ClN6O3. The van der Waals surface area contributed by atoms with Crippen molar-refractivity contribution in [1.82, 2.24) is 30.0 Å². The maximum absolute atomic E-state index is 13.4. The molecule has 0 radical (unpaired) electrons. The number of benzene rings is 2. The summed E-state index contributed by atoms with van der Waals surface area (Å²) in [5.41, 5.74) is 3.34. The lowest BCUT2D eigenvalue weighted by atomic mass is 10.0. The first-order chi connectivity index (χ1) is 19.2. The molecular weight excluding hydrogens is 528 g/mol. The Morgan fingerprint density at radius 1 is 1.10 bits per heavy atom. The van der Waals surface area contributed by atoms with E-state index in [0.717, 1.165) is 55.5 Å². The van der Waals surface area contributed by atoms with Gasteiger partial charge in [-0.05, 0) is 88.7 Å². The number of aryl methyl sites for hydroxylation is 1. The molecule has 0 aliphatic carbocycles. The highest BCUT2D eigenvalue weighted by molar-refractivity contribution is 6.31. The van der Waals surface area contributed by atoms with Crippen LogP contribution in [0.3, 0.4) is 0 Å². The van der Waals surface area contributed by atoms with Crippen LogP contribution in [-0.2, 0) is 4.79 Å². The molecule has 2 atom stereocenters. The van der Waals surface area contributed by atoms with Crippen molar-refractivity contribution in [3.63, 3.8) is 0 Å². The van der Waals surface area contributed by atoms with E-state index in [1.54, 1.807) is 30.3 Å². The third-order valence-electron chi connectivity index (χ3n) is 8.10. The minimum atomic E-state index is -0.513. The highest BCUT2D eigenvalue weighted by Crippen LogP contribution is 2.25. The van der Waals surface area contributed by atoms with Gasteiger partial charge < -0.3 is 25.0 Å². The average molecular weight is 565 g/mol. The van der Waals surface area contributed by atoms with Crippen LogP contribution in [0.5, 0.6) is 0 Å². The van der Waals surface area contributed by atoms with E-state index in [-0.39, 0.29) is 24.1 Å². The van der Waals surface area contributed by atoms with Gasteiger partial charge in [0.15, 0.2) is 0 Å². The topological polar surface area (TPSA) is 102 Å². The van der Waals surface area contributed by atoms with Gasteiger partial charge in [0, 0.05) is 54.8 Å². The lowest BCUT2D eigenvalue weighted by Crippen LogP contribution is -2.35. The number of hydrogen-bond donors (Lipinski definition) is 2. The fourth-order valence-electron chi connectivity index (χ4n) is 5.64. The molecule has 212 valence electrons. The van der Waals surface area contributed by atoms with Crippen LogP contribution < -0.4 is 5.32 Å². The summed E-state index contributed by atoms with van der Waals surface area (Å²) in [4.78, 5) is 53.3. The van der Waals surface area contributed by atoms with Crippen LogP contribution in [0.25, 0.3) is 11.0 Å². The number of amides is 3. The minimum Gasteiger partial charge on any atom is -0.342 e. The lowest BCUT2D eigenvalue weighted by Gasteiger charge is -2.22. The summed E-state index contributed by atoms with van der Waals surface area (Å²) in [6, 6.07) is 10.4. The zero-order valence-corrected chi connectivity index (χ0v) is 24.1. The van der Waals surface area contributed by atoms with Crippen molar-refractivity contribution in [2.24, 2.45) is 0 Å². The van der Waals surface area contributed by atoms with Gasteiger partial charge in [0.05, 0.1) is 17.1 Å². The molecule has 0 saturated carbocycles. The molecule has 1 aromatic heterocycles. The molecule has 3 heterocycles. The molecule has 9 nitrogen and oxygen atoms in total. The molecule has 3 aromatic rings. The number of likely N-dealkylation sites (tertiary alicyclic amines) is 2. The fourth-order valence-corrected chi connectivity index (χ4v) is 5.81. The van der Waals surface area contributed by atoms with Crippen LogP contribution >= 0.6 is 11.6 Å². The monoisotopic (exact) mass is 564 g/mol. The van der Waals surface area contributed by atoms with Crippen LogP contribution in [0, 0.1) is 6.92 Å². The Bertz CT molecular complexity index is 1410. The summed E-state index contributed by atoms with van der Waals surface area (Å²) in [7, 11) is 4.07. The number of fused-ring (bicyclic) bond motifs is 1. The second-order valence-electron chi connectivity index (χ2n) is 11.1. The van der Waals surface area contributed by atoms with Crippen LogP contribution in [0.4, 0.5) is 0 Å². The number of nitrogens with one attached hydrogen (secondary N) is 2. The van der Waals surface area contributed by atoms with Crippen molar-refractivity contribution >= 4 is 40.4 Å². The number of rotatable bonds is 8. The molecule has 2 aromatic carbocycles. The molecule has 2 aliphatic rings. The normalized spacial score (nSPS) is 18.1. The van der Waals surface area contributed by atoms with E-state index in [9.17, 15) is 14.4 Å². The van der Waals surface area contributed by atoms with E-state index in [1.165, 1.54) is 0 Å². The van der Waals surface area contributed by atoms with E-state index < -0.39 is 6.04 Å². The van der Waals surface area contributed by atoms with E-state index in [1.807, 2.05) is 36.9 Å². The number of aromatic nitrogens is 2. The van der Waals surface area contributed by atoms with Crippen LogP contribution in [0.2, 0.25) is 5.02 Å². The first kappa shape index (κ1) is 28.1. The van der Waals surface area contributed by atoms with Crippen LogP contribution in [0.15, 0.2) is 36.4 Å². The number of aromatic amines is 1. The number of hydrogen-bond acceptors (Lipinski definition) is 5. The summed E-state index contributed by atoms with van der Waals surface area (Å²) in [6.45, 7) is 4.86. The van der Waals surface area contributed by atoms with Crippen molar-refractivity contribution in [3.8, 4) is 0 Å². The molecule has 2 N–H and O–H groups in total. The predicted molar refractivity (Wildman–Crippen MR) is 156 cm³/mol. The third kappa shape index (κ3) is 6.15. The Hall–Kier alpha value is -3.43. The third-order valence-corrected chi connectivity index (χ3v) is 8.34. The number of halogens is 1. The first-order valence-electron chi connectivity index (χ1n) is 14.0. The molecule has 0 spiro atoms. The number of imidazole rings is 1. The maximum Gasteiger partial charge on any atom is 0.254 e. The summed E-state index contributed by atoms with van der Waals surface area (Å²) >= 11 is 6.17. The standard InChI is InChI=1S/C30H37ClN6O3/c1-19-16-20(6-8-23(19)30(40)36-13-4-5-14-36)29(39)34-25(28-32-24-9-7-21(31)17-26(24)33-28)10-11-27(38)37-15-12-22(18-37)35(2)3/h6-9,16-17,22,25H,4-5,10-15,18H2,1-3H3,(H,32,33)(H,34,39)/t22-,25-/m0/s1. The molecule has 2 aliphatic heterocycles. The van der Waals surface area contributed by atoms with Gasteiger partial charge in [-0.2, -0.15) is 0 Å². The SMILES string of the molecule is Cc1cc(C(=O)N[C@@H](CCC(=O)N2CC[C@H](N(C)C)C2)c2nc3ccc(Cl)cc3[nH]2)ccc1C(=O)N1CCCC1. The van der Waals surface area contributed by atoms with Gasteiger partial charge in [0.2, 0.25) is 5.91 Å². The van der Waals surface area contributed by atoms with Crippen molar-refractivity contribution in [3.05, 3.63) is 63.9 Å². The Labute approximate surface area is 239 Å². The van der Waals surface area contributed by atoms with Gasteiger partial charge in [-0.3, -0.25) is 14.4 Å². The number of carbonyl (C=O) groups is 3. The van der Waals surface area contributed by atoms with Gasteiger partial charge in [0.25, 0.3) is 11.8 Å². The van der Waals surface area contributed by atoms with Gasteiger partial charge in [0.1, 0.15) is 5.82 Å². The van der Waals surface area contributed by atoms with E-state index in [4.69, 9.17) is 16.6 Å². The second kappa shape index (κ2) is 12.0. The molecule has 0 unspecified atom stereocenters. The van der Waals surface area contributed by atoms with Gasteiger partial charge in [-0.15, -0.1) is 0 Å². The smallest absolute Gasteiger partial charge is 0.254 e. The maximum atomic E-state index is 13.4. The molecule has 2 fully saturated rings. The predicted octanol–water partition coefficient (Wildman–Crippen LogP) is 4.17. The van der Waals surface area contributed by atoms with Crippen molar-refractivity contribution in [1.29, 1.82) is 0 Å². The Kier molecular flexibility index (Phi) is 8.42. The quantitative estimate of drug-likeness (QED) is 0.427. The molecule has 2 saturated heterocycles. The lowest BCUT2D eigenvalue weighted by molar-refractivity contribution is -0.130. The second-order valence-corrected chi connectivity index (χ2v) is 11.6. The molecule has 5 rings (SSSR count). The zero-order chi connectivity index (χ0) is 28.4. The minimum absolute atomic E-state index is 0.0118. The van der Waals surface area contributed by atoms with E-state index in [0.29, 0.717) is 41.0 Å². The molecule has 0 bridgehead atoms. The first-order valence-corrected chi connectivity index (χ1v) is 14.4. The Morgan fingerprint density at radius 2 is 1.88 bits per heavy atom. The average Bonchev–Trinajstić information content (AvgIpc) is 3.71. The number of H-pyrrole nitrogens is 1. The van der Waals surface area contributed by atoms with Gasteiger partial charge in [-0.1, -0.05) is 11.6 Å². The number of nitrogens with zero attached hydrogens (tertiary/aromatic N) is 4. The van der Waals surface area contributed by atoms with Crippen molar-refractivity contribution < 1.29 is 14.4 Å². The fraction of sp³-hybridized carbons (Fsp3) is 0.467. The van der Waals surface area contributed by atoms with Crippen molar-refractivity contribution in [2.45, 2.75) is 51.1 Å².